The van der Waals surface area contributed by atoms with Crippen LogP contribution in [0.1, 0.15) is 38.5 Å². The van der Waals surface area contributed by atoms with Gasteiger partial charge < -0.3 is 26.0 Å². The van der Waals surface area contributed by atoms with Gasteiger partial charge in [-0.1, -0.05) is 0 Å². The molecule has 150 valence electrons. The molecule has 0 rings (SSSR count). The molecule has 0 saturated heterocycles. The van der Waals surface area contributed by atoms with Crippen LogP contribution >= 0.6 is 0 Å². The van der Waals surface area contributed by atoms with E-state index in [4.69, 9.17) is 5.73 Å². The van der Waals surface area contributed by atoms with Crippen LogP contribution in [-0.4, -0.2) is 54.3 Å². The first-order valence-electron chi connectivity index (χ1n) is 8.17. The van der Waals surface area contributed by atoms with Crippen LogP contribution in [0, 0.1) is 20.2 Å². The van der Waals surface area contributed by atoms with Gasteiger partial charge in [-0.25, -0.2) is 0 Å². The smallest absolute Gasteiger partial charge is 0.294 e. The van der Waals surface area contributed by atoms with Gasteiger partial charge in [-0.3, -0.25) is 9.59 Å². The Kier molecular flexibility index (Phi) is 13.1. The Morgan fingerprint density at radius 3 is 1.92 bits per heavy atom. The van der Waals surface area contributed by atoms with Crippen molar-refractivity contribution in [3.8, 4) is 0 Å². The van der Waals surface area contributed by atoms with Crippen LogP contribution in [0.25, 0.3) is 0 Å². The zero-order chi connectivity index (χ0) is 19.8. The van der Waals surface area contributed by atoms with Crippen LogP contribution in [0.4, 0.5) is 0 Å². The third-order valence-electron chi connectivity index (χ3n) is 3.18. The number of carbonyl (C=O) groups excluding carboxylic acids is 2. The molecular weight excluding hydrogens is 354 g/mol. The van der Waals surface area contributed by atoms with Crippen molar-refractivity contribution in [2.45, 2.75) is 44.6 Å². The maximum absolute atomic E-state index is 11.7. The maximum Gasteiger partial charge on any atom is 0.294 e. The van der Waals surface area contributed by atoms with E-state index in [1.165, 1.54) is 0 Å². The van der Waals surface area contributed by atoms with Crippen molar-refractivity contribution in [3.05, 3.63) is 20.2 Å². The van der Waals surface area contributed by atoms with E-state index in [0.717, 1.165) is 0 Å². The quantitative estimate of drug-likeness (QED) is 0.177. The molecule has 26 heavy (non-hydrogen) atoms. The lowest BCUT2D eigenvalue weighted by Crippen LogP contribution is -2.41. The number of hydrogen-bond acceptors (Lipinski definition) is 9. The molecule has 0 fully saturated rings. The molecule has 2 amide bonds. The highest BCUT2D eigenvalue weighted by Gasteiger charge is 2.14. The number of amides is 2. The summed E-state index contributed by atoms with van der Waals surface area (Å²) in [5.41, 5.74) is 5.68. The number of nitrogens with zero attached hydrogens (tertiary/aromatic N) is 2. The van der Waals surface area contributed by atoms with Gasteiger partial charge in [0.2, 0.25) is 11.8 Å². The Labute approximate surface area is 149 Å². The van der Waals surface area contributed by atoms with Crippen molar-refractivity contribution in [2.75, 3.05) is 26.3 Å². The van der Waals surface area contributed by atoms with E-state index in [9.17, 15) is 29.8 Å². The minimum Gasteiger partial charge on any atom is -0.356 e. The summed E-state index contributed by atoms with van der Waals surface area (Å²) in [4.78, 5) is 51.4. The summed E-state index contributed by atoms with van der Waals surface area (Å²) in [6.45, 7) is 0.610. The van der Waals surface area contributed by atoms with Gasteiger partial charge in [0, 0.05) is 19.5 Å². The van der Waals surface area contributed by atoms with Crippen LogP contribution in [-0.2, 0) is 19.3 Å². The van der Waals surface area contributed by atoms with Crippen LogP contribution in [0.3, 0.4) is 0 Å². The molecule has 13 nitrogen and oxygen atoms in total. The van der Waals surface area contributed by atoms with Gasteiger partial charge >= 0.3 is 0 Å². The number of hydrogen-bond donors (Lipinski definition) is 3. The molecule has 0 aliphatic carbocycles. The fraction of sp³-hybridized carbons (Fsp3) is 0.846. The number of carbonyl (C=O) groups is 2. The molecule has 0 saturated carbocycles. The summed E-state index contributed by atoms with van der Waals surface area (Å²) in [6, 6.07) is -0.829. The van der Waals surface area contributed by atoms with Crippen molar-refractivity contribution < 1.29 is 29.4 Å². The number of unbranched alkanes of at least 4 members (excludes halogenated alkanes) is 2. The summed E-state index contributed by atoms with van der Waals surface area (Å²) < 4.78 is 0. The van der Waals surface area contributed by atoms with E-state index in [2.05, 4.69) is 20.3 Å². The number of rotatable bonds is 16. The Morgan fingerprint density at radius 1 is 0.923 bits per heavy atom. The Morgan fingerprint density at radius 2 is 1.42 bits per heavy atom. The Bertz CT molecular complexity index is 462. The van der Waals surface area contributed by atoms with Crippen LogP contribution in [0.5, 0.6) is 0 Å². The first-order valence-corrected chi connectivity index (χ1v) is 8.17. The fourth-order valence-electron chi connectivity index (χ4n) is 1.81. The molecular formula is C13H25N5O8. The lowest BCUT2D eigenvalue weighted by Gasteiger charge is -2.12. The average Bonchev–Trinajstić information content (AvgIpc) is 2.58. The largest absolute Gasteiger partial charge is 0.356 e. The van der Waals surface area contributed by atoms with Gasteiger partial charge in [-0.15, -0.1) is 20.2 Å². The van der Waals surface area contributed by atoms with Gasteiger partial charge in [0.15, 0.2) is 0 Å². The summed E-state index contributed by atoms with van der Waals surface area (Å²) in [5, 5.41) is 23.3. The lowest BCUT2D eigenvalue weighted by atomic mass is 10.1. The second-order valence-corrected chi connectivity index (χ2v) is 5.31. The van der Waals surface area contributed by atoms with E-state index in [-0.39, 0.29) is 32.0 Å². The maximum atomic E-state index is 11.7. The number of nitrogens with two attached hydrogens (primary N) is 1. The van der Waals surface area contributed by atoms with Crippen LogP contribution in [0.2, 0.25) is 0 Å². The lowest BCUT2D eigenvalue weighted by molar-refractivity contribution is -0.757. The zero-order valence-corrected chi connectivity index (χ0v) is 14.4. The molecule has 1 unspecified atom stereocenters. The highest BCUT2D eigenvalue weighted by Crippen LogP contribution is 1.97. The van der Waals surface area contributed by atoms with Crippen LogP contribution < -0.4 is 16.4 Å². The third-order valence-corrected chi connectivity index (χ3v) is 3.18. The Balaban J connectivity index is 3.61. The predicted octanol–water partition coefficient (Wildman–Crippen LogP) is -0.697. The predicted molar refractivity (Wildman–Crippen MR) is 87.6 cm³/mol. The molecule has 0 aliphatic heterocycles. The molecule has 1 atom stereocenters. The molecule has 13 heteroatoms. The molecule has 0 aliphatic rings. The summed E-state index contributed by atoms with van der Waals surface area (Å²) in [6.07, 6.45) is 2.16. The highest BCUT2D eigenvalue weighted by molar-refractivity contribution is 5.82. The van der Waals surface area contributed by atoms with Gasteiger partial charge in [-0.05, 0) is 32.1 Å². The first-order chi connectivity index (χ1) is 12.3. The summed E-state index contributed by atoms with van der Waals surface area (Å²) >= 11 is 0. The zero-order valence-electron chi connectivity index (χ0n) is 14.4. The first kappa shape index (κ1) is 23.3. The minimum atomic E-state index is -0.875. The monoisotopic (exact) mass is 379 g/mol. The van der Waals surface area contributed by atoms with E-state index < -0.39 is 22.1 Å². The minimum absolute atomic E-state index is 0.0218. The van der Waals surface area contributed by atoms with Crippen molar-refractivity contribution in [1.82, 2.24) is 10.6 Å². The van der Waals surface area contributed by atoms with E-state index >= 15 is 0 Å². The second kappa shape index (κ2) is 14.6. The molecule has 4 N–H and O–H groups in total. The van der Waals surface area contributed by atoms with Crippen molar-refractivity contribution in [2.24, 2.45) is 5.73 Å². The Hall–Kier alpha value is -2.70. The fourth-order valence-corrected chi connectivity index (χ4v) is 1.81. The van der Waals surface area contributed by atoms with Crippen molar-refractivity contribution in [1.29, 1.82) is 0 Å². The molecule has 0 spiro atoms. The summed E-state index contributed by atoms with van der Waals surface area (Å²) in [7, 11) is 0. The van der Waals surface area contributed by atoms with Gasteiger partial charge in [0.1, 0.15) is 0 Å². The second-order valence-electron chi connectivity index (χ2n) is 5.31. The standard InChI is InChI=1S/C13H25N5O8/c14-11(13(20)16-8-2-4-10-26-18(23)24)5-6-12(19)15-7-1-3-9-25-17(21)22/h11H,1-10,14H2,(H,15,19)(H,16,20). The van der Waals surface area contributed by atoms with E-state index in [0.29, 0.717) is 38.8 Å². The SMILES string of the molecule is NC(CCC(=O)NCCCCO[N+](=O)[O-])C(=O)NCCCCO[N+](=O)[O-]. The van der Waals surface area contributed by atoms with E-state index in [1.54, 1.807) is 0 Å². The highest BCUT2D eigenvalue weighted by atomic mass is 17.0. The molecule has 0 aromatic rings. The molecule has 0 radical (unpaired) electrons. The topological polar surface area (TPSA) is 189 Å². The van der Waals surface area contributed by atoms with Crippen molar-refractivity contribution in [3.63, 3.8) is 0 Å². The van der Waals surface area contributed by atoms with Gasteiger partial charge in [0.05, 0.1) is 19.3 Å². The molecule has 0 bridgehead atoms. The van der Waals surface area contributed by atoms with Gasteiger partial charge in [0.25, 0.3) is 10.2 Å². The average molecular weight is 379 g/mol. The van der Waals surface area contributed by atoms with Crippen LogP contribution in [0.15, 0.2) is 0 Å². The molecule has 0 aromatic heterocycles. The van der Waals surface area contributed by atoms with E-state index in [1.807, 2.05) is 0 Å². The van der Waals surface area contributed by atoms with Crippen molar-refractivity contribution >= 4 is 11.8 Å². The summed E-state index contributed by atoms with van der Waals surface area (Å²) in [5.74, 6) is -0.662. The van der Waals surface area contributed by atoms with Gasteiger partial charge in [-0.2, -0.15) is 0 Å². The normalized spacial score (nSPS) is 11.3. The molecule has 0 heterocycles. The third kappa shape index (κ3) is 14.9. The molecule has 0 aromatic carbocycles. The number of nitrogens with one attached hydrogen (secondary N) is 2.